The molecule has 4 rings (SSSR count). The number of rotatable bonds is 9. The van der Waals surface area contributed by atoms with Crippen molar-refractivity contribution in [3.8, 4) is 11.8 Å². The topological polar surface area (TPSA) is 115 Å². The van der Waals surface area contributed by atoms with Gasteiger partial charge in [0.1, 0.15) is 5.57 Å². The quantitative estimate of drug-likeness (QED) is 0.192. The highest BCUT2D eigenvalue weighted by Gasteiger charge is 2.35. The zero-order valence-corrected chi connectivity index (χ0v) is 24.4. The third-order valence-electron chi connectivity index (χ3n) is 7.52. The maximum Gasteiger partial charge on any atom is 0.416 e. The molecule has 2 aromatic carbocycles. The van der Waals surface area contributed by atoms with Crippen LogP contribution in [0, 0.1) is 23.2 Å². The largest absolute Gasteiger partial charge is 0.416 e. The zero-order valence-electron chi connectivity index (χ0n) is 24.4. The lowest BCUT2D eigenvalue weighted by atomic mass is 9.98. The van der Waals surface area contributed by atoms with Gasteiger partial charge in [0.15, 0.2) is 0 Å². The molecule has 43 heavy (non-hydrogen) atoms. The smallest absolute Gasteiger partial charge is 0.386 e. The van der Waals surface area contributed by atoms with Crippen molar-refractivity contribution in [2.75, 3.05) is 33.0 Å². The summed E-state index contributed by atoms with van der Waals surface area (Å²) in [4.78, 5) is 29.8. The fourth-order valence-electron chi connectivity index (χ4n) is 5.49. The fourth-order valence-corrected chi connectivity index (χ4v) is 5.49. The minimum atomic E-state index is -4.61. The van der Waals surface area contributed by atoms with Gasteiger partial charge >= 0.3 is 6.18 Å². The van der Waals surface area contributed by atoms with Crippen LogP contribution in [0.2, 0.25) is 0 Å². The Morgan fingerprint density at radius 3 is 2.44 bits per heavy atom. The van der Waals surface area contributed by atoms with Crippen LogP contribution in [-0.4, -0.2) is 60.2 Å². The van der Waals surface area contributed by atoms with Crippen LogP contribution in [0.3, 0.4) is 0 Å². The number of halogens is 3. The number of alkyl halides is 3. The summed E-state index contributed by atoms with van der Waals surface area (Å²) in [5.74, 6) is -0.845. The highest BCUT2D eigenvalue weighted by Crippen LogP contribution is 2.33. The molecule has 9 nitrogen and oxygen atoms in total. The Hall–Kier alpha value is -4.63. The lowest BCUT2D eigenvalue weighted by molar-refractivity contribution is -0.137. The normalized spacial score (nSPS) is 19.0. The summed E-state index contributed by atoms with van der Waals surface area (Å²) in [6, 6.07) is 14.3. The molecule has 1 saturated carbocycles. The van der Waals surface area contributed by atoms with Crippen molar-refractivity contribution >= 4 is 23.2 Å². The molecule has 1 fully saturated rings. The van der Waals surface area contributed by atoms with Crippen LogP contribution in [0.5, 0.6) is 0 Å². The number of nitrogens with zero attached hydrogens (tertiary/aromatic N) is 4. The zero-order chi connectivity index (χ0) is 31.3. The third-order valence-corrected chi connectivity index (χ3v) is 7.52. The van der Waals surface area contributed by atoms with E-state index in [1.165, 1.54) is 23.0 Å². The summed E-state index contributed by atoms with van der Waals surface area (Å²) in [7, 11) is 5.53. The van der Waals surface area contributed by atoms with Crippen LogP contribution in [0.25, 0.3) is 11.4 Å². The average Bonchev–Trinajstić information content (AvgIpc) is 3.57. The van der Waals surface area contributed by atoms with Gasteiger partial charge in [0.2, 0.25) is 0 Å². The molecular weight excluding hydrogens is 559 g/mol. The van der Waals surface area contributed by atoms with Gasteiger partial charge in [0.25, 0.3) is 11.8 Å². The fraction of sp³-hybridized carbons (Fsp3) is 0.355. The number of carbonyl (C=O) groups excluding carboxylic acids is 2. The lowest BCUT2D eigenvalue weighted by Gasteiger charge is -2.20. The Kier molecular flexibility index (Phi) is 9.56. The minimum Gasteiger partial charge on any atom is -0.386 e. The van der Waals surface area contributed by atoms with Crippen LogP contribution in [0.1, 0.15) is 36.6 Å². The third kappa shape index (κ3) is 7.42. The van der Waals surface area contributed by atoms with Gasteiger partial charge in [-0.05, 0) is 87.3 Å². The molecule has 3 N–H and O–H groups in total. The van der Waals surface area contributed by atoms with Gasteiger partial charge in [0.05, 0.1) is 40.5 Å². The van der Waals surface area contributed by atoms with Crippen molar-refractivity contribution in [2.45, 2.75) is 32.0 Å². The van der Waals surface area contributed by atoms with E-state index in [4.69, 9.17) is 5.26 Å². The first kappa shape index (κ1) is 31.3. The summed E-state index contributed by atoms with van der Waals surface area (Å²) < 4.78 is 41.6. The number of nitrogens with one attached hydrogen (secondary N) is 3. The molecule has 1 heterocycles. The average molecular weight is 594 g/mol. The van der Waals surface area contributed by atoms with E-state index in [0.29, 0.717) is 28.8 Å². The molecule has 2 amide bonds. The Morgan fingerprint density at radius 1 is 1.09 bits per heavy atom. The number of nitriles is 1. The Labute approximate surface area is 248 Å². The van der Waals surface area contributed by atoms with E-state index in [2.05, 4.69) is 38.9 Å². The summed E-state index contributed by atoms with van der Waals surface area (Å²) in [5.41, 5.74) is 0.156. The number of carbonyl (C=O) groups is 2. The second-order valence-electron chi connectivity index (χ2n) is 11.0. The first-order valence-corrected chi connectivity index (χ1v) is 13.8. The van der Waals surface area contributed by atoms with Gasteiger partial charge < -0.3 is 20.9 Å². The van der Waals surface area contributed by atoms with E-state index in [0.717, 1.165) is 31.5 Å². The van der Waals surface area contributed by atoms with Crippen LogP contribution in [0.4, 0.5) is 18.9 Å². The molecule has 3 aromatic rings. The highest BCUT2D eigenvalue weighted by atomic mass is 19.4. The Bertz CT molecular complexity index is 1540. The van der Waals surface area contributed by atoms with Crippen molar-refractivity contribution in [1.29, 1.82) is 5.26 Å². The summed E-state index contributed by atoms with van der Waals surface area (Å²) >= 11 is 0. The van der Waals surface area contributed by atoms with Crippen LogP contribution in [-0.2, 0) is 15.8 Å². The first-order valence-electron chi connectivity index (χ1n) is 13.8. The van der Waals surface area contributed by atoms with E-state index >= 15 is 0 Å². The van der Waals surface area contributed by atoms with E-state index in [1.807, 2.05) is 14.1 Å². The van der Waals surface area contributed by atoms with Crippen molar-refractivity contribution in [1.82, 2.24) is 25.3 Å². The summed E-state index contributed by atoms with van der Waals surface area (Å²) in [6.07, 6.45) is -1.66. The standard InChI is InChI=1S/C31H34F3N7O2/c1-19-14-24(15-21(19)18-40(3)4)39-30(43)27(29(42)38-23-7-5-6-22(16-23)31(32,33)34)28(36-2)26-12-13-37-41(26)25-10-8-20(17-35)9-11-25/h5-13,16,19,21,24,36H,14-15,18H2,1-4H3,(H,38,42)(H,39,43)/b28-27+. The molecule has 226 valence electrons. The number of benzene rings is 2. The molecule has 0 bridgehead atoms. The van der Waals surface area contributed by atoms with Gasteiger partial charge in [-0.15, -0.1) is 0 Å². The molecule has 0 aliphatic heterocycles. The predicted octanol–water partition coefficient (Wildman–Crippen LogP) is 4.42. The second-order valence-corrected chi connectivity index (χ2v) is 11.0. The summed E-state index contributed by atoms with van der Waals surface area (Å²) in [5, 5.41) is 22.0. The Balaban J connectivity index is 1.74. The number of amides is 2. The van der Waals surface area contributed by atoms with Gasteiger partial charge in [-0.3, -0.25) is 9.59 Å². The second kappa shape index (κ2) is 13.1. The lowest BCUT2D eigenvalue weighted by Crippen LogP contribution is -2.39. The van der Waals surface area contributed by atoms with Crippen molar-refractivity contribution in [3.63, 3.8) is 0 Å². The number of hydrogen-bond donors (Lipinski definition) is 3. The van der Waals surface area contributed by atoms with Gasteiger partial charge in [-0.25, -0.2) is 4.68 Å². The summed E-state index contributed by atoms with van der Waals surface area (Å²) in [6.45, 7) is 2.99. The molecule has 1 aliphatic carbocycles. The molecule has 0 spiro atoms. The van der Waals surface area contributed by atoms with Crippen molar-refractivity contribution < 1.29 is 22.8 Å². The maximum atomic E-state index is 13.9. The predicted molar refractivity (Wildman–Crippen MR) is 157 cm³/mol. The molecule has 0 saturated heterocycles. The van der Waals surface area contributed by atoms with Crippen LogP contribution >= 0.6 is 0 Å². The molecule has 3 unspecified atom stereocenters. The highest BCUT2D eigenvalue weighted by molar-refractivity contribution is 6.27. The maximum absolute atomic E-state index is 13.9. The van der Waals surface area contributed by atoms with Gasteiger partial charge in [-0.1, -0.05) is 13.0 Å². The van der Waals surface area contributed by atoms with E-state index in [-0.39, 0.29) is 23.0 Å². The van der Waals surface area contributed by atoms with Crippen LogP contribution < -0.4 is 16.0 Å². The van der Waals surface area contributed by atoms with Crippen LogP contribution in [0.15, 0.2) is 66.4 Å². The van der Waals surface area contributed by atoms with E-state index in [9.17, 15) is 22.8 Å². The number of aromatic nitrogens is 2. The van der Waals surface area contributed by atoms with Crippen molar-refractivity contribution in [2.24, 2.45) is 11.8 Å². The number of hydrogen-bond acceptors (Lipinski definition) is 6. The molecular formula is C31H34F3N7O2. The van der Waals surface area contributed by atoms with E-state index < -0.39 is 23.6 Å². The molecule has 0 radical (unpaired) electrons. The molecule has 3 atom stereocenters. The monoisotopic (exact) mass is 593 g/mol. The number of anilines is 1. The molecule has 12 heteroatoms. The van der Waals surface area contributed by atoms with Crippen molar-refractivity contribution in [3.05, 3.63) is 83.2 Å². The first-order chi connectivity index (χ1) is 20.4. The molecule has 1 aromatic heterocycles. The van der Waals surface area contributed by atoms with E-state index in [1.54, 1.807) is 37.4 Å². The molecule has 1 aliphatic rings. The van der Waals surface area contributed by atoms with Gasteiger partial charge in [-0.2, -0.15) is 23.5 Å². The van der Waals surface area contributed by atoms with Gasteiger partial charge in [0, 0.05) is 25.3 Å². The minimum absolute atomic E-state index is 0.110. The SMILES string of the molecule is CN/C(=C(\C(=O)Nc1cccc(C(F)(F)F)c1)C(=O)NC1CC(C)C(CN(C)C)C1)c1ccnn1-c1ccc(C#N)cc1. The Morgan fingerprint density at radius 2 is 1.81 bits per heavy atom.